The molecule has 0 spiro atoms. The number of imidazole rings is 1. The van der Waals surface area contributed by atoms with Gasteiger partial charge in [0.15, 0.2) is 11.6 Å². The third-order valence-electron chi connectivity index (χ3n) is 2.81. The quantitative estimate of drug-likeness (QED) is 0.801. The van der Waals surface area contributed by atoms with Crippen molar-refractivity contribution < 1.29 is 13.5 Å². The molecule has 0 aliphatic carbocycles. The Labute approximate surface area is 119 Å². The van der Waals surface area contributed by atoms with E-state index in [1.54, 1.807) is 23.0 Å². The van der Waals surface area contributed by atoms with Crippen molar-refractivity contribution in [1.82, 2.24) is 14.4 Å². The Balaban J connectivity index is 2.01. The minimum Gasteiger partial charge on any atom is -0.436 e. The van der Waals surface area contributed by atoms with E-state index in [0.29, 0.717) is 18.0 Å². The first kappa shape index (κ1) is 13.3. The zero-order valence-electron chi connectivity index (χ0n) is 11.2. The first-order valence-electron chi connectivity index (χ1n) is 6.38. The van der Waals surface area contributed by atoms with Crippen LogP contribution in [-0.2, 0) is 0 Å². The van der Waals surface area contributed by atoms with E-state index in [4.69, 9.17) is 4.74 Å². The number of halogens is 2. The van der Waals surface area contributed by atoms with Crippen LogP contribution in [-0.4, -0.2) is 20.9 Å². The summed E-state index contributed by atoms with van der Waals surface area (Å²) in [5, 5.41) is 3.06. The average Bonchev–Trinajstić information content (AvgIpc) is 2.92. The number of benzene rings is 1. The van der Waals surface area contributed by atoms with Crippen LogP contribution in [0.25, 0.3) is 5.65 Å². The number of aromatic nitrogens is 3. The van der Waals surface area contributed by atoms with Gasteiger partial charge in [-0.1, -0.05) is 0 Å². The van der Waals surface area contributed by atoms with Gasteiger partial charge in [0.25, 0.3) is 5.88 Å². The number of fused-ring (bicyclic) bond motifs is 1. The van der Waals surface area contributed by atoms with Crippen molar-refractivity contribution in [3.8, 4) is 11.6 Å². The van der Waals surface area contributed by atoms with Gasteiger partial charge in [0.1, 0.15) is 11.6 Å². The molecule has 0 unspecified atom stereocenters. The number of rotatable bonds is 4. The van der Waals surface area contributed by atoms with Gasteiger partial charge in [-0.3, -0.25) is 4.40 Å². The molecule has 0 atom stereocenters. The highest BCUT2D eigenvalue weighted by molar-refractivity contribution is 5.55. The van der Waals surface area contributed by atoms with E-state index in [-0.39, 0.29) is 11.6 Å². The molecule has 0 aliphatic rings. The van der Waals surface area contributed by atoms with Crippen LogP contribution in [0.15, 0.2) is 36.8 Å². The fraction of sp³-hybridized carbons (Fsp3) is 0.143. The monoisotopic (exact) mass is 290 g/mol. The van der Waals surface area contributed by atoms with Gasteiger partial charge in [-0.05, 0) is 19.1 Å². The smallest absolute Gasteiger partial charge is 0.265 e. The molecular weight excluding hydrogens is 278 g/mol. The van der Waals surface area contributed by atoms with E-state index in [0.717, 1.165) is 12.1 Å². The largest absolute Gasteiger partial charge is 0.436 e. The number of nitrogens with one attached hydrogen (secondary N) is 1. The Morgan fingerprint density at radius 1 is 1.29 bits per heavy atom. The lowest BCUT2D eigenvalue weighted by atomic mass is 10.3. The van der Waals surface area contributed by atoms with Crippen LogP contribution >= 0.6 is 0 Å². The molecule has 3 rings (SSSR count). The molecule has 0 amide bonds. The maximum absolute atomic E-state index is 13.2. The zero-order chi connectivity index (χ0) is 14.8. The molecule has 0 radical (unpaired) electrons. The first-order valence-corrected chi connectivity index (χ1v) is 6.38. The fourth-order valence-electron chi connectivity index (χ4n) is 1.89. The van der Waals surface area contributed by atoms with Crippen LogP contribution < -0.4 is 10.1 Å². The third-order valence-corrected chi connectivity index (χ3v) is 2.81. The number of nitrogens with zero attached hydrogens (tertiary/aromatic N) is 3. The molecule has 2 aromatic heterocycles. The van der Waals surface area contributed by atoms with Crippen molar-refractivity contribution in [3.05, 3.63) is 48.4 Å². The summed E-state index contributed by atoms with van der Waals surface area (Å²) in [4.78, 5) is 8.41. The Morgan fingerprint density at radius 3 is 2.90 bits per heavy atom. The fourth-order valence-corrected chi connectivity index (χ4v) is 1.89. The van der Waals surface area contributed by atoms with Crippen LogP contribution in [0.2, 0.25) is 0 Å². The topological polar surface area (TPSA) is 51.5 Å². The van der Waals surface area contributed by atoms with Crippen molar-refractivity contribution >= 4 is 11.5 Å². The van der Waals surface area contributed by atoms with Crippen molar-refractivity contribution in [2.24, 2.45) is 0 Å². The number of ether oxygens (including phenoxy) is 1. The summed E-state index contributed by atoms with van der Waals surface area (Å²) in [7, 11) is 0. The number of hydrogen-bond donors (Lipinski definition) is 1. The molecule has 108 valence electrons. The summed E-state index contributed by atoms with van der Waals surface area (Å²) >= 11 is 0. The summed E-state index contributed by atoms with van der Waals surface area (Å²) in [6.07, 6.45) is 5.12. The third kappa shape index (κ3) is 2.62. The van der Waals surface area contributed by atoms with Crippen LogP contribution in [0, 0.1) is 11.6 Å². The van der Waals surface area contributed by atoms with Gasteiger partial charge in [0.2, 0.25) is 5.65 Å². The zero-order valence-corrected chi connectivity index (χ0v) is 11.2. The van der Waals surface area contributed by atoms with Crippen molar-refractivity contribution in [2.45, 2.75) is 6.92 Å². The van der Waals surface area contributed by atoms with Gasteiger partial charge < -0.3 is 10.1 Å². The predicted octanol–water partition coefficient (Wildman–Crippen LogP) is 3.23. The lowest BCUT2D eigenvalue weighted by molar-refractivity contribution is 0.450. The molecular formula is C14H12F2N4O. The molecule has 21 heavy (non-hydrogen) atoms. The molecule has 0 fully saturated rings. The van der Waals surface area contributed by atoms with Gasteiger partial charge in [-0.25, -0.2) is 13.8 Å². The average molecular weight is 290 g/mol. The predicted molar refractivity (Wildman–Crippen MR) is 73.6 cm³/mol. The lowest BCUT2D eigenvalue weighted by Crippen LogP contribution is -2.03. The number of hydrogen-bond acceptors (Lipinski definition) is 4. The second-order valence-corrected chi connectivity index (χ2v) is 4.30. The van der Waals surface area contributed by atoms with E-state index in [2.05, 4.69) is 15.3 Å². The molecule has 0 saturated carbocycles. The highest BCUT2D eigenvalue weighted by atomic mass is 19.2. The second kappa shape index (κ2) is 5.35. The molecule has 0 saturated heterocycles. The lowest BCUT2D eigenvalue weighted by Gasteiger charge is -2.09. The van der Waals surface area contributed by atoms with E-state index < -0.39 is 11.6 Å². The summed E-state index contributed by atoms with van der Waals surface area (Å²) in [5.41, 5.74) is 0.487. The Kier molecular flexibility index (Phi) is 3.39. The first-order chi connectivity index (χ1) is 10.2. The molecule has 1 aromatic carbocycles. The maximum Gasteiger partial charge on any atom is 0.265 e. The summed E-state index contributed by atoms with van der Waals surface area (Å²) in [6.45, 7) is 2.63. The van der Waals surface area contributed by atoms with E-state index >= 15 is 0 Å². The van der Waals surface area contributed by atoms with Crippen LogP contribution in [0.5, 0.6) is 11.6 Å². The van der Waals surface area contributed by atoms with Crippen LogP contribution in [0.4, 0.5) is 14.6 Å². The minimum absolute atomic E-state index is 0.153. The van der Waals surface area contributed by atoms with Crippen molar-refractivity contribution in [1.29, 1.82) is 0 Å². The van der Waals surface area contributed by atoms with Crippen molar-refractivity contribution in [2.75, 3.05) is 11.9 Å². The molecule has 1 N–H and O–H groups in total. The van der Waals surface area contributed by atoms with E-state index in [1.165, 1.54) is 6.07 Å². The van der Waals surface area contributed by atoms with E-state index in [9.17, 15) is 8.78 Å². The molecule has 7 heteroatoms. The molecule has 2 heterocycles. The Hall–Kier alpha value is -2.70. The van der Waals surface area contributed by atoms with Gasteiger partial charge in [0, 0.05) is 25.0 Å². The SMILES string of the molecule is CCNc1cn2ccnc2c(Oc2ccc(F)c(F)c2)n1. The summed E-state index contributed by atoms with van der Waals surface area (Å²) in [6, 6.07) is 3.30. The minimum atomic E-state index is -0.977. The van der Waals surface area contributed by atoms with Crippen LogP contribution in [0.1, 0.15) is 6.92 Å². The Morgan fingerprint density at radius 2 is 2.14 bits per heavy atom. The van der Waals surface area contributed by atoms with Gasteiger partial charge in [0.05, 0.1) is 6.20 Å². The standard InChI is InChI=1S/C14H12F2N4O/c1-2-17-12-8-20-6-5-18-13(20)14(19-12)21-9-3-4-10(15)11(16)7-9/h3-8,17H,2H2,1H3. The van der Waals surface area contributed by atoms with Crippen LogP contribution in [0.3, 0.4) is 0 Å². The number of anilines is 1. The summed E-state index contributed by atoms with van der Waals surface area (Å²) in [5.74, 6) is -0.942. The van der Waals surface area contributed by atoms with Gasteiger partial charge in [-0.2, -0.15) is 4.98 Å². The van der Waals surface area contributed by atoms with E-state index in [1.807, 2.05) is 6.92 Å². The second-order valence-electron chi connectivity index (χ2n) is 4.30. The van der Waals surface area contributed by atoms with Crippen molar-refractivity contribution in [3.63, 3.8) is 0 Å². The molecule has 0 bridgehead atoms. The van der Waals surface area contributed by atoms with Gasteiger partial charge in [-0.15, -0.1) is 0 Å². The Bertz CT molecular complexity index is 788. The summed E-state index contributed by atoms with van der Waals surface area (Å²) < 4.78 is 33.4. The molecule has 3 aromatic rings. The highest BCUT2D eigenvalue weighted by Crippen LogP contribution is 2.26. The molecule has 0 aliphatic heterocycles. The maximum atomic E-state index is 13.2. The highest BCUT2D eigenvalue weighted by Gasteiger charge is 2.11. The normalized spacial score (nSPS) is 10.8. The van der Waals surface area contributed by atoms with Gasteiger partial charge >= 0.3 is 0 Å². The molecule has 5 nitrogen and oxygen atoms in total.